The normalized spacial score (nSPS) is 20.4. The molecule has 2 heterocycles. The van der Waals surface area contributed by atoms with Crippen LogP contribution in [0.5, 0.6) is 0 Å². The molecule has 2 aliphatic rings. The number of nitrogens with one attached hydrogen (secondary N) is 1. The lowest BCUT2D eigenvalue weighted by Crippen LogP contribution is -2.56. The van der Waals surface area contributed by atoms with Gasteiger partial charge >= 0.3 is 12.0 Å². The number of nitrogens with zero attached hydrogens (tertiary/aromatic N) is 3. The molecule has 8 nitrogen and oxygen atoms in total. The van der Waals surface area contributed by atoms with Crippen LogP contribution in [-0.4, -0.2) is 78.0 Å². The van der Waals surface area contributed by atoms with E-state index in [0.717, 1.165) is 0 Å². The van der Waals surface area contributed by atoms with Crippen LogP contribution in [0.4, 0.5) is 13.6 Å². The molecule has 38 heavy (non-hydrogen) atoms. The first-order valence-corrected chi connectivity index (χ1v) is 12.8. The van der Waals surface area contributed by atoms with E-state index in [1.54, 1.807) is 36.9 Å². The summed E-state index contributed by atoms with van der Waals surface area (Å²) in [5.41, 5.74) is 1.18. The predicted molar refractivity (Wildman–Crippen MR) is 137 cm³/mol. The molecule has 1 N–H and O–H groups in total. The van der Waals surface area contributed by atoms with Crippen molar-refractivity contribution in [3.63, 3.8) is 0 Å². The number of piperazine rings is 1. The van der Waals surface area contributed by atoms with Crippen LogP contribution in [0.2, 0.25) is 0 Å². The predicted octanol–water partition coefficient (Wildman–Crippen LogP) is 3.71. The van der Waals surface area contributed by atoms with E-state index < -0.39 is 29.7 Å². The maximum Gasteiger partial charge on any atom is 0.338 e. The number of hydrogen-bond acceptors (Lipinski definition) is 5. The summed E-state index contributed by atoms with van der Waals surface area (Å²) in [6.07, 6.45) is 0. The first kappa shape index (κ1) is 27.3. The first-order valence-electron chi connectivity index (χ1n) is 12.8. The van der Waals surface area contributed by atoms with Crippen molar-refractivity contribution in [2.75, 3.05) is 39.3 Å². The highest BCUT2D eigenvalue weighted by atomic mass is 19.1. The van der Waals surface area contributed by atoms with Gasteiger partial charge in [0.05, 0.1) is 23.8 Å². The van der Waals surface area contributed by atoms with Crippen LogP contribution in [-0.2, 0) is 9.53 Å². The number of benzene rings is 2. The molecule has 2 unspecified atom stereocenters. The monoisotopic (exact) mass is 526 g/mol. The number of rotatable bonds is 7. The number of likely N-dealkylation sites (N-methyl/N-ethyl adjacent to an activating group) is 1. The number of hydrogen-bond donors (Lipinski definition) is 1. The Morgan fingerprint density at radius 2 is 1.84 bits per heavy atom. The van der Waals surface area contributed by atoms with E-state index in [0.29, 0.717) is 37.4 Å². The minimum atomic E-state index is -0.878. The SMILES string of the molecule is CCOC(=O)C1=C(CN2CCN(C(=O)c3ccccc3F)C(C)C2)N(CC)C(=O)NC1c1cccc(F)c1. The third-order valence-corrected chi connectivity index (χ3v) is 6.88. The van der Waals surface area contributed by atoms with Gasteiger partial charge < -0.3 is 15.0 Å². The molecule has 2 aromatic rings. The van der Waals surface area contributed by atoms with Crippen molar-refractivity contribution in [3.8, 4) is 0 Å². The molecule has 1 fully saturated rings. The van der Waals surface area contributed by atoms with Crippen LogP contribution in [0, 0.1) is 11.6 Å². The van der Waals surface area contributed by atoms with E-state index >= 15 is 0 Å². The van der Waals surface area contributed by atoms with E-state index in [1.165, 1.54) is 35.2 Å². The van der Waals surface area contributed by atoms with Gasteiger partial charge in [-0.15, -0.1) is 0 Å². The number of ether oxygens (including phenoxy) is 1. The molecule has 0 bridgehead atoms. The molecule has 0 saturated carbocycles. The Morgan fingerprint density at radius 1 is 1.08 bits per heavy atom. The summed E-state index contributed by atoms with van der Waals surface area (Å²) in [6, 6.07) is 10.2. The van der Waals surface area contributed by atoms with E-state index in [2.05, 4.69) is 5.32 Å². The summed E-state index contributed by atoms with van der Waals surface area (Å²) in [5.74, 6) is -2.01. The van der Waals surface area contributed by atoms with Gasteiger partial charge in [0.2, 0.25) is 0 Å². The van der Waals surface area contributed by atoms with Crippen molar-refractivity contribution >= 4 is 17.9 Å². The maximum atomic E-state index is 14.2. The highest BCUT2D eigenvalue weighted by molar-refractivity contribution is 5.96. The van der Waals surface area contributed by atoms with Crippen LogP contribution >= 0.6 is 0 Å². The Bertz CT molecular complexity index is 1250. The molecule has 0 aromatic heterocycles. The van der Waals surface area contributed by atoms with Crippen LogP contribution < -0.4 is 5.32 Å². The van der Waals surface area contributed by atoms with E-state index in [1.807, 2.05) is 11.8 Å². The van der Waals surface area contributed by atoms with Gasteiger partial charge in [-0.3, -0.25) is 14.6 Å². The van der Waals surface area contributed by atoms with Gasteiger partial charge in [0.25, 0.3) is 5.91 Å². The fourth-order valence-electron chi connectivity index (χ4n) is 5.07. The molecule has 2 aromatic carbocycles. The summed E-state index contributed by atoms with van der Waals surface area (Å²) >= 11 is 0. The van der Waals surface area contributed by atoms with Gasteiger partial charge in [0.1, 0.15) is 11.6 Å². The van der Waals surface area contributed by atoms with E-state index in [4.69, 9.17) is 4.74 Å². The topological polar surface area (TPSA) is 82.2 Å². The average molecular weight is 527 g/mol. The number of carbonyl (C=O) groups excluding carboxylic acids is 3. The minimum Gasteiger partial charge on any atom is -0.463 e. The Morgan fingerprint density at radius 3 is 2.50 bits per heavy atom. The highest BCUT2D eigenvalue weighted by Gasteiger charge is 2.39. The molecule has 3 amide bonds. The zero-order chi connectivity index (χ0) is 27.4. The van der Waals surface area contributed by atoms with Crippen molar-refractivity contribution < 1.29 is 27.9 Å². The van der Waals surface area contributed by atoms with E-state index in [-0.39, 0.29) is 36.2 Å². The van der Waals surface area contributed by atoms with Crippen molar-refractivity contribution in [1.29, 1.82) is 0 Å². The molecule has 4 rings (SSSR count). The molecular formula is C28H32F2N4O4. The molecular weight excluding hydrogens is 494 g/mol. The van der Waals surface area contributed by atoms with Crippen LogP contribution in [0.3, 0.4) is 0 Å². The summed E-state index contributed by atoms with van der Waals surface area (Å²) in [7, 11) is 0. The fraction of sp³-hybridized carbons (Fsp3) is 0.393. The lowest BCUT2D eigenvalue weighted by Gasteiger charge is -2.43. The smallest absolute Gasteiger partial charge is 0.338 e. The zero-order valence-corrected chi connectivity index (χ0v) is 21.7. The highest BCUT2D eigenvalue weighted by Crippen LogP contribution is 2.32. The third-order valence-electron chi connectivity index (χ3n) is 6.88. The molecule has 1 saturated heterocycles. The summed E-state index contributed by atoms with van der Waals surface area (Å²) in [4.78, 5) is 44.5. The minimum absolute atomic E-state index is 0.0270. The van der Waals surface area contributed by atoms with Gasteiger partial charge in [-0.05, 0) is 50.6 Å². The number of esters is 1. The second kappa shape index (κ2) is 11.7. The quantitative estimate of drug-likeness (QED) is 0.557. The third kappa shape index (κ3) is 5.55. The molecule has 2 atom stereocenters. The second-order valence-electron chi connectivity index (χ2n) is 9.33. The fourth-order valence-corrected chi connectivity index (χ4v) is 5.07. The zero-order valence-electron chi connectivity index (χ0n) is 21.7. The molecule has 202 valence electrons. The lowest BCUT2D eigenvalue weighted by molar-refractivity contribution is -0.139. The Kier molecular flexibility index (Phi) is 8.41. The molecule has 2 aliphatic heterocycles. The maximum absolute atomic E-state index is 14.2. The first-order chi connectivity index (χ1) is 18.2. The standard InChI is InChI=1S/C28H32F2N4O4/c1-4-33-23(17-32-13-14-34(18(3)16-32)26(35)21-11-6-7-12-22(21)30)24(27(36)38-5-2)25(31-28(33)37)19-9-8-10-20(29)15-19/h6-12,15,18,25H,4-5,13-14,16-17H2,1-3H3,(H,31,37). The Labute approximate surface area is 220 Å². The summed E-state index contributed by atoms with van der Waals surface area (Å²) in [6.45, 7) is 7.32. The van der Waals surface area contributed by atoms with Crippen LogP contribution in [0.25, 0.3) is 0 Å². The van der Waals surface area contributed by atoms with Crippen molar-refractivity contribution in [3.05, 3.63) is 82.6 Å². The molecule has 0 spiro atoms. The number of carbonyl (C=O) groups is 3. The van der Waals surface area contributed by atoms with Gasteiger partial charge in [0.15, 0.2) is 0 Å². The Hall–Kier alpha value is -3.79. The van der Waals surface area contributed by atoms with Crippen molar-refractivity contribution in [1.82, 2.24) is 20.0 Å². The van der Waals surface area contributed by atoms with Crippen molar-refractivity contribution in [2.24, 2.45) is 0 Å². The van der Waals surface area contributed by atoms with Crippen LogP contribution in [0.15, 0.2) is 59.8 Å². The summed E-state index contributed by atoms with van der Waals surface area (Å²) < 4.78 is 33.7. The lowest BCUT2D eigenvalue weighted by atomic mass is 9.94. The van der Waals surface area contributed by atoms with Gasteiger partial charge in [-0.2, -0.15) is 0 Å². The molecule has 0 radical (unpaired) electrons. The van der Waals surface area contributed by atoms with Crippen LogP contribution in [0.1, 0.15) is 42.7 Å². The van der Waals surface area contributed by atoms with Gasteiger partial charge in [-0.1, -0.05) is 24.3 Å². The number of amides is 3. The largest absolute Gasteiger partial charge is 0.463 e. The number of urea groups is 1. The number of halogens is 2. The van der Waals surface area contributed by atoms with Crippen molar-refractivity contribution in [2.45, 2.75) is 32.9 Å². The van der Waals surface area contributed by atoms with E-state index in [9.17, 15) is 23.2 Å². The van der Waals surface area contributed by atoms with Gasteiger partial charge in [0, 0.05) is 44.5 Å². The Balaban J connectivity index is 1.64. The second-order valence-corrected chi connectivity index (χ2v) is 9.33. The van der Waals surface area contributed by atoms with Gasteiger partial charge in [-0.25, -0.2) is 18.4 Å². The molecule has 0 aliphatic carbocycles. The summed E-state index contributed by atoms with van der Waals surface area (Å²) in [5, 5.41) is 2.83. The average Bonchev–Trinajstić information content (AvgIpc) is 2.88. The molecule has 10 heteroatoms.